The highest BCUT2D eigenvalue weighted by Crippen LogP contribution is 2.34. The number of hydrogen-bond acceptors (Lipinski definition) is 6. The number of rotatable bonds is 8. The van der Waals surface area contributed by atoms with Gasteiger partial charge in [-0.1, -0.05) is 12.6 Å². The maximum Gasteiger partial charge on any atom is 0.194 e. The molecule has 1 unspecified atom stereocenters. The van der Waals surface area contributed by atoms with Crippen LogP contribution in [0.2, 0.25) is 0 Å². The third-order valence-electron chi connectivity index (χ3n) is 6.61. The van der Waals surface area contributed by atoms with Gasteiger partial charge in [-0.05, 0) is 73.2 Å². The second-order valence-corrected chi connectivity index (χ2v) is 9.12. The van der Waals surface area contributed by atoms with Crippen molar-refractivity contribution in [3.63, 3.8) is 0 Å². The molecule has 36 heavy (non-hydrogen) atoms. The fraction of sp³-hybridized carbons (Fsp3) is 0.370. The van der Waals surface area contributed by atoms with Crippen molar-refractivity contribution in [3.8, 4) is 5.75 Å². The van der Waals surface area contributed by atoms with Gasteiger partial charge in [0.15, 0.2) is 17.5 Å². The van der Waals surface area contributed by atoms with Crippen LogP contribution >= 0.6 is 0 Å². The Morgan fingerprint density at radius 2 is 1.97 bits per heavy atom. The third kappa shape index (κ3) is 5.57. The summed E-state index contributed by atoms with van der Waals surface area (Å²) in [6.45, 7) is 8.46. The van der Waals surface area contributed by atoms with Crippen molar-refractivity contribution in [1.29, 1.82) is 0 Å². The van der Waals surface area contributed by atoms with Crippen LogP contribution in [0.5, 0.6) is 5.75 Å². The number of hydrogen-bond donors (Lipinski definition) is 1. The molecule has 192 valence electrons. The van der Waals surface area contributed by atoms with Crippen molar-refractivity contribution in [2.45, 2.75) is 38.3 Å². The lowest BCUT2D eigenvalue weighted by Crippen LogP contribution is -2.31. The molecule has 1 saturated heterocycles. The van der Waals surface area contributed by atoms with Gasteiger partial charge in [0.2, 0.25) is 0 Å². The quantitative estimate of drug-likeness (QED) is 0.390. The van der Waals surface area contributed by atoms with Crippen molar-refractivity contribution < 1.29 is 22.7 Å². The number of ether oxygens (including phenoxy) is 1. The number of halogens is 3. The van der Waals surface area contributed by atoms with Crippen molar-refractivity contribution in [3.05, 3.63) is 76.8 Å². The lowest BCUT2D eigenvalue weighted by atomic mass is 9.97. The van der Waals surface area contributed by atoms with Crippen LogP contribution in [0.15, 0.2) is 53.2 Å². The van der Waals surface area contributed by atoms with Gasteiger partial charge >= 0.3 is 0 Å². The first-order valence-electron chi connectivity index (χ1n) is 11.9. The molecule has 0 saturated carbocycles. The number of aliphatic imine (C=N–C) groups is 1. The van der Waals surface area contributed by atoms with Crippen LogP contribution in [-0.2, 0) is 4.84 Å². The highest BCUT2D eigenvalue weighted by Gasteiger charge is 2.23. The summed E-state index contributed by atoms with van der Waals surface area (Å²) < 4.78 is 46.3. The van der Waals surface area contributed by atoms with E-state index in [-0.39, 0.29) is 11.6 Å². The molecule has 2 aromatic carbocycles. The topological polar surface area (TPSA) is 63.3 Å². The summed E-state index contributed by atoms with van der Waals surface area (Å²) in [4.78, 5) is 13.6. The Labute approximate surface area is 209 Å². The van der Waals surface area contributed by atoms with E-state index in [2.05, 4.69) is 34.4 Å². The Morgan fingerprint density at radius 1 is 1.22 bits per heavy atom. The SMILES string of the molecule is C=C1/C(=C/c2ccc(N3C=NC(C)C3)c(OC)c2)CCCN1CC[C@@H](ON)c1cc(F)c(F)c(F)c1. The molecule has 0 spiro atoms. The Kier molecular flexibility index (Phi) is 8.01. The average molecular weight is 501 g/mol. The standard InChI is InChI=1S/C27H31F3N4O2/c1-17-15-34(16-32-17)24-7-6-19(12-26(24)35-3)11-20-5-4-9-33(18(20)2)10-8-25(36-31)21-13-22(28)27(30)23(29)14-21/h6-7,11-14,16-17,25H,2,4-5,8-10,15,31H2,1,3H3/b20-11+/t17?,25-/m1/s1. The van der Waals surface area contributed by atoms with Gasteiger partial charge in [0, 0.05) is 25.3 Å². The predicted octanol–water partition coefficient (Wildman–Crippen LogP) is 5.36. The first-order valence-corrected chi connectivity index (χ1v) is 11.9. The van der Waals surface area contributed by atoms with Gasteiger partial charge < -0.3 is 14.5 Å². The summed E-state index contributed by atoms with van der Waals surface area (Å²) in [5.41, 5.74) is 4.09. The van der Waals surface area contributed by atoms with Crippen LogP contribution in [0.1, 0.15) is 43.4 Å². The van der Waals surface area contributed by atoms with Crippen molar-refractivity contribution >= 4 is 18.1 Å². The maximum atomic E-state index is 13.7. The fourth-order valence-corrected chi connectivity index (χ4v) is 4.65. The number of likely N-dealkylation sites (tertiary alicyclic amines) is 1. The summed E-state index contributed by atoms with van der Waals surface area (Å²) in [5, 5.41) is 0. The van der Waals surface area contributed by atoms with E-state index in [4.69, 9.17) is 15.5 Å². The molecule has 2 aliphatic heterocycles. The molecule has 2 aromatic rings. The summed E-state index contributed by atoms with van der Waals surface area (Å²) in [6, 6.07) is 8.16. The zero-order valence-electron chi connectivity index (χ0n) is 20.5. The van der Waals surface area contributed by atoms with E-state index >= 15 is 0 Å². The van der Waals surface area contributed by atoms with Crippen LogP contribution in [0.4, 0.5) is 18.9 Å². The maximum absolute atomic E-state index is 13.7. The van der Waals surface area contributed by atoms with Crippen molar-refractivity contribution in [2.75, 3.05) is 31.6 Å². The molecule has 0 bridgehead atoms. The molecule has 1 fully saturated rings. The summed E-state index contributed by atoms with van der Waals surface area (Å²) >= 11 is 0. The van der Waals surface area contributed by atoms with E-state index < -0.39 is 23.6 Å². The van der Waals surface area contributed by atoms with Gasteiger partial charge in [-0.3, -0.25) is 9.83 Å². The largest absolute Gasteiger partial charge is 0.495 e. The van der Waals surface area contributed by atoms with E-state index in [1.54, 1.807) is 7.11 Å². The second-order valence-electron chi connectivity index (χ2n) is 9.12. The minimum Gasteiger partial charge on any atom is -0.495 e. The number of piperidine rings is 1. The molecular formula is C27H31F3N4O2. The van der Waals surface area contributed by atoms with Crippen LogP contribution in [0.25, 0.3) is 6.08 Å². The summed E-state index contributed by atoms with van der Waals surface area (Å²) in [7, 11) is 1.66. The lowest BCUT2D eigenvalue weighted by molar-refractivity contribution is 0.0399. The molecule has 2 N–H and O–H groups in total. The van der Waals surface area contributed by atoms with Gasteiger partial charge in [-0.25, -0.2) is 19.1 Å². The van der Waals surface area contributed by atoms with Crippen LogP contribution < -0.4 is 15.5 Å². The second kappa shape index (κ2) is 11.2. The number of nitrogens with two attached hydrogens (primary N) is 1. The highest BCUT2D eigenvalue weighted by molar-refractivity contribution is 5.85. The lowest BCUT2D eigenvalue weighted by Gasteiger charge is -2.34. The Morgan fingerprint density at radius 3 is 2.61 bits per heavy atom. The first kappa shape index (κ1) is 25.8. The van der Waals surface area contributed by atoms with Gasteiger partial charge in [0.1, 0.15) is 11.9 Å². The van der Waals surface area contributed by atoms with E-state index in [9.17, 15) is 13.2 Å². The molecule has 9 heteroatoms. The zero-order chi connectivity index (χ0) is 25.8. The molecule has 2 aliphatic rings. The number of benzene rings is 2. The van der Waals surface area contributed by atoms with E-state index in [0.29, 0.717) is 13.0 Å². The number of anilines is 1. The predicted molar refractivity (Wildman–Crippen MR) is 135 cm³/mol. The highest BCUT2D eigenvalue weighted by atomic mass is 19.2. The van der Waals surface area contributed by atoms with Crippen LogP contribution in [0, 0.1) is 17.5 Å². The van der Waals surface area contributed by atoms with Gasteiger partial charge in [0.25, 0.3) is 0 Å². The molecular weight excluding hydrogens is 469 g/mol. The minimum atomic E-state index is -1.51. The van der Waals surface area contributed by atoms with Crippen LogP contribution in [-0.4, -0.2) is 44.0 Å². The molecule has 6 nitrogen and oxygen atoms in total. The van der Waals surface area contributed by atoms with E-state index in [1.807, 2.05) is 24.5 Å². The first-order chi connectivity index (χ1) is 17.3. The number of methoxy groups -OCH3 is 1. The fourth-order valence-electron chi connectivity index (χ4n) is 4.65. The monoisotopic (exact) mass is 500 g/mol. The van der Waals surface area contributed by atoms with Crippen molar-refractivity contribution in [1.82, 2.24) is 4.90 Å². The molecule has 2 heterocycles. The molecule has 0 aliphatic carbocycles. The Hall–Kier alpha value is -3.30. The number of nitrogens with zero attached hydrogens (tertiary/aromatic N) is 3. The van der Waals surface area contributed by atoms with Gasteiger partial charge in [-0.2, -0.15) is 0 Å². The van der Waals surface area contributed by atoms with E-state index in [1.165, 1.54) is 0 Å². The molecule has 2 atom stereocenters. The van der Waals surface area contributed by atoms with Gasteiger partial charge in [0.05, 0.1) is 25.2 Å². The molecule has 0 amide bonds. The summed E-state index contributed by atoms with van der Waals surface area (Å²) in [5.74, 6) is 2.12. The zero-order valence-corrected chi connectivity index (χ0v) is 20.5. The van der Waals surface area contributed by atoms with E-state index in [0.717, 1.165) is 66.3 Å². The van der Waals surface area contributed by atoms with Gasteiger partial charge in [-0.15, -0.1) is 0 Å². The minimum absolute atomic E-state index is 0.150. The molecule has 0 aromatic heterocycles. The van der Waals surface area contributed by atoms with Crippen molar-refractivity contribution in [2.24, 2.45) is 10.9 Å². The average Bonchev–Trinajstić information content (AvgIpc) is 3.30. The molecule has 0 radical (unpaired) electrons. The number of allylic oxidation sites excluding steroid dienone is 1. The normalized spacial score (nSPS) is 19.9. The Bertz CT molecular complexity index is 1160. The molecule has 4 rings (SSSR count). The summed E-state index contributed by atoms with van der Waals surface area (Å²) in [6.07, 6.45) is 5.31. The third-order valence-corrected chi connectivity index (χ3v) is 6.61. The Balaban J connectivity index is 1.46. The van der Waals surface area contributed by atoms with Crippen LogP contribution in [0.3, 0.4) is 0 Å². The smallest absolute Gasteiger partial charge is 0.194 e.